The number of hydrogen-bond donors (Lipinski definition) is 1. The minimum atomic E-state index is -0.662. The Hall–Kier alpha value is -1.05. The zero-order chi connectivity index (χ0) is 14.9. The quantitative estimate of drug-likeness (QED) is 0.318. The topological polar surface area (TPSA) is 37.3 Å². The van der Waals surface area contributed by atoms with Gasteiger partial charge in [-0.05, 0) is 32.6 Å². The first kappa shape index (κ1) is 18.9. The van der Waals surface area contributed by atoms with Crippen molar-refractivity contribution in [1.29, 1.82) is 0 Å². The normalized spacial score (nSPS) is 11.7. The number of unbranched alkanes of at least 4 members (excludes halogenated alkanes) is 9. The highest BCUT2D eigenvalue weighted by Crippen LogP contribution is 2.11. The maximum atomic E-state index is 10.3. The lowest BCUT2D eigenvalue weighted by Crippen LogP contribution is -1.93. The standard InChI is InChI=1S/C18H32O2/c1-2-3-4-5-6-7-8-9-10-11-12-13-14-15-16-17-18(19)20/h2-3,5-6H,4,7-17H2,1H3,(H,19,20)/b3-2+,6-5+. The van der Waals surface area contributed by atoms with Crippen LogP contribution in [0.25, 0.3) is 0 Å². The molecule has 2 heteroatoms. The second-order valence-corrected chi connectivity index (χ2v) is 5.39. The number of carboxylic acids is 1. The Bertz CT molecular complexity index is 267. The fourth-order valence-electron chi connectivity index (χ4n) is 2.20. The van der Waals surface area contributed by atoms with Gasteiger partial charge in [-0.1, -0.05) is 69.2 Å². The number of rotatable bonds is 14. The lowest BCUT2D eigenvalue weighted by atomic mass is 10.1. The summed E-state index contributed by atoms with van der Waals surface area (Å²) in [4.78, 5) is 10.3. The largest absolute Gasteiger partial charge is 0.481 e. The molecule has 0 rings (SSSR count). The number of allylic oxidation sites excluding steroid dienone is 4. The summed E-state index contributed by atoms with van der Waals surface area (Å²) >= 11 is 0. The van der Waals surface area contributed by atoms with Gasteiger partial charge in [0.15, 0.2) is 0 Å². The van der Waals surface area contributed by atoms with Crippen LogP contribution in [0.2, 0.25) is 0 Å². The van der Waals surface area contributed by atoms with E-state index in [1.165, 1.54) is 51.4 Å². The van der Waals surface area contributed by atoms with Gasteiger partial charge in [-0.15, -0.1) is 0 Å². The molecule has 1 N–H and O–H groups in total. The molecule has 0 heterocycles. The first-order chi connectivity index (χ1) is 9.77. The van der Waals surface area contributed by atoms with Crippen LogP contribution >= 0.6 is 0 Å². The minimum Gasteiger partial charge on any atom is -0.481 e. The molecule has 0 aromatic rings. The number of hydrogen-bond acceptors (Lipinski definition) is 1. The fraction of sp³-hybridized carbons (Fsp3) is 0.722. The number of carbonyl (C=O) groups is 1. The molecule has 0 radical (unpaired) electrons. The van der Waals surface area contributed by atoms with E-state index < -0.39 is 5.97 Å². The van der Waals surface area contributed by atoms with Crippen molar-refractivity contribution in [1.82, 2.24) is 0 Å². The van der Waals surface area contributed by atoms with E-state index in [1.54, 1.807) is 0 Å². The van der Waals surface area contributed by atoms with E-state index in [1.807, 2.05) is 0 Å². The average Bonchev–Trinajstić information content (AvgIpc) is 2.43. The minimum absolute atomic E-state index is 0.335. The second-order valence-electron chi connectivity index (χ2n) is 5.39. The molecule has 0 aromatic carbocycles. The summed E-state index contributed by atoms with van der Waals surface area (Å²) in [5, 5.41) is 8.51. The molecule has 0 amide bonds. The van der Waals surface area contributed by atoms with E-state index in [-0.39, 0.29) is 0 Å². The SMILES string of the molecule is C/C=C/C/C=C/CCCCCCCCCCCC(=O)O. The molecule has 116 valence electrons. The third-order valence-electron chi connectivity index (χ3n) is 3.44. The molecule has 0 bridgehead atoms. The van der Waals surface area contributed by atoms with Crippen LogP contribution in [-0.2, 0) is 4.79 Å². The molecule has 0 aliphatic carbocycles. The molecule has 20 heavy (non-hydrogen) atoms. The average molecular weight is 280 g/mol. The smallest absolute Gasteiger partial charge is 0.303 e. The van der Waals surface area contributed by atoms with Crippen LogP contribution in [0.15, 0.2) is 24.3 Å². The Labute approximate surface area is 125 Å². The molecule has 0 saturated carbocycles. The monoisotopic (exact) mass is 280 g/mol. The molecule has 0 saturated heterocycles. The summed E-state index contributed by atoms with van der Waals surface area (Å²) < 4.78 is 0. The van der Waals surface area contributed by atoms with Crippen molar-refractivity contribution in [2.45, 2.75) is 84.0 Å². The maximum Gasteiger partial charge on any atom is 0.303 e. The van der Waals surface area contributed by atoms with Gasteiger partial charge >= 0.3 is 5.97 Å². The van der Waals surface area contributed by atoms with Gasteiger partial charge in [-0.3, -0.25) is 4.79 Å². The lowest BCUT2D eigenvalue weighted by Gasteiger charge is -2.01. The molecule has 0 aliphatic rings. The van der Waals surface area contributed by atoms with E-state index in [0.29, 0.717) is 6.42 Å². The molecule has 0 atom stereocenters. The van der Waals surface area contributed by atoms with Crippen molar-refractivity contribution in [2.24, 2.45) is 0 Å². The predicted molar refractivity (Wildman–Crippen MR) is 87.0 cm³/mol. The van der Waals surface area contributed by atoms with Crippen molar-refractivity contribution in [3.8, 4) is 0 Å². The number of aliphatic carboxylic acids is 1. The Morgan fingerprint density at radius 1 is 0.800 bits per heavy atom. The molecule has 0 unspecified atom stereocenters. The first-order valence-corrected chi connectivity index (χ1v) is 8.25. The Balaban J connectivity index is 3.06. The summed E-state index contributed by atoms with van der Waals surface area (Å²) in [5.41, 5.74) is 0. The van der Waals surface area contributed by atoms with Crippen LogP contribution < -0.4 is 0 Å². The summed E-state index contributed by atoms with van der Waals surface area (Å²) in [7, 11) is 0. The van der Waals surface area contributed by atoms with Crippen molar-refractivity contribution in [3.63, 3.8) is 0 Å². The van der Waals surface area contributed by atoms with E-state index in [2.05, 4.69) is 31.2 Å². The van der Waals surface area contributed by atoms with Crippen molar-refractivity contribution >= 4 is 5.97 Å². The van der Waals surface area contributed by atoms with Gasteiger partial charge < -0.3 is 5.11 Å². The molecule has 0 fully saturated rings. The van der Waals surface area contributed by atoms with Gasteiger partial charge in [-0.25, -0.2) is 0 Å². The van der Waals surface area contributed by atoms with Crippen molar-refractivity contribution < 1.29 is 9.90 Å². The van der Waals surface area contributed by atoms with Gasteiger partial charge in [0.1, 0.15) is 0 Å². The molecule has 2 nitrogen and oxygen atoms in total. The van der Waals surface area contributed by atoms with Crippen LogP contribution in [0.5, 0.6) is 0 Å². The molecular formula is C18H32O2. The summed E-state index contributed by atoms with van der Waals surface area (Å²) in [6, 6.07) is 0. The zero-order valence-corrected chi connectivity index (χ0v) is 13.2. The molecule has 0 spiro atoms. The summed E-state index contributed by atoms with van der Waals surface area (Å²) in [6.07, 6.45) is 22.4. The van der Waals surface area contributed by atoms with Crippen molar-refractivity contribution in [3.05, 3.63) is 24.3 Å². The summed E-state index contributed by atoms with van der Waals surface area (Å²) in [6.45, 7) is 2.06. The predicted octanol–water partition coefficient (Wildman–Crippen LogP) is 5.88. The Kier molecular flexibility index (Phi) is 15.2. The molecule has 0 aliphatic heterocycles. The highest BCUT2D eigenvalue weighted by Gasteiger charge is 1.96. The van der Waals surface area contributed by atoms with Crippen molar-refractivity contribution in [2.75, 3.05) is 0 Å². The van der Waals surface area contributed by atoms with E-state index in [9.17, 15) is 4.79 Å². The third kappa shape index (κ3) is 16.9. The first-order valence-electron chi connectivity index (χ1n) is 8.25. The highest BCUT2D eigenvalue weighted by molar-refractivity contribution is 5.66. The van der Waals surface area contributed by atoms with E-state index in [0.717, 1.165) is 19.3 Å². The van der Waals surface area contributed by atoms with Crippen LogP contribution in [-0.4, -0.2) is 11.1 Å². The summed E-state index contributed by atoms with van der Waals surface area (Å²) in [5.74, 6) is -0.662. The van der Waals surface area contributed by atoms with E-state index in [4.69, 9.17) is 5.11 Å². The van der Waals surface area contributed by atoms with Gasteiger partial charge in [0.2, 0.25) is 0 Å². The highest BCUT2D eigenvalue weighted by atomic mass is 16.4. The molecule has 0 aromatic heterocycles. The van der Waals surface area contributed by atoms with Gasteiger partial charge in [-0.2, -0.15) is 0 Å². The Morgan fingerprint density at radius 3 is 1.90 bits per heavy atom. The Morgan fingerprint density at radius 2 is 1.35 bits per heavy atom. The van der Waals surface area contributed by atoms with Gasteiger partial charge in [0.25, 0.3) is 0 Å². The van der Waals surface area contributed by atoms with Crippen LogP contribution in [0.1, 0.15) is 84.0 Å². The van der Waals surface area contributed by atoms with E-state index >= 15 is 0 Å². The molecular weight excluding hydrogens is 248 g/mol. The van der Waals surface area contributed by atoms with Gasteiger partial charge in [0, 0.05) is 6.42 Å². The maximum absolute atomic E-state index is 10.3. The number of carboxylic acid groups (broad SMARTS) is 1. The van der Waals surface area contributed by atoms with Gasteiger partial charge in [0.05, 0.1) is 0 Å². The zero-order valence-electron chi connectivity index (χ0n) is 13.2. The van der Waals surface area contributed by atoms with Crippen LogP contribution in [0, 0.1) is 0 Å². The third-order valence-corrected chi connectivity index (χ3v) is 3.44. The van der Waals surface area contributed by atoms with Crippen LogP contribution in [0.3, 0.4) is 0 Å². The second kappa shape index (κ2) is 16.0. The lowest BCUT2D eigenvalue weighted by molar-refractivity contribution is -0.137. The van der Waals surface area contributed by atoms with Crippen LogP contribution in [0.4, 0.5) is 0 Å². The fourth-order valence-corrected chi connectivity index (χ4v) is 2.20.